The lowest BCUT2D eigenvalue weighted by molar-refractivity contribution is 0.0689. The molecule has 0 aliphatic carbocycles. The van der Waals surface area contributed by atoms with E-state index in [4.69, 9.17) is 15.2 Å². The molecule has 0 saturated heterocycles. The molecule has 0 unspecified atom stereocenters. The maximum absolute atomic E-state index is 11.5. The predicted molar refractivity (Wildman–Crippen MR) is 81.9 cm³/mol. The van der Waals surface area contributed by atoms with Crippen LogP contribution in [0.4, 0.5) is 5.13 Å². The zero-order valence-corrected chi connectivity index (χ0v) is 13.3. The summed E-state index contributed by atoms with van der Waals surface area (Å²) < 4.78 is 11.3. The van der Waals surface area contributed by atoms with Crippen molar-refractivity contribution in [2.75, 3.05) is 20.0 Å². The highest BCUT2D eigenvalue weighted by atomic mass is 32.2. The molecule has 0 bridgehead atoms. The van der Waals surface area contributed by atoms with E-state index >= 15 is 0 Å². The Kier molecular flexibility index (Phi) is 4.59. The molecule has 0 radical (unpaired) electrons. The molecule has 3 N–H and O–H groups in total. The van der Waals surface area contributed by atoms with Crippen molar-refractivity contribution in [1.82, 2.24) is 4.98 Å². The number of carboxylic acid groups (broad SMARTS) is 1. The topological polar surface area (TPSA) is 94.7 Å². The molecule has 1 aromatic heterocycles. The SMILES string of the molecule is COc1cc(C)c(Sc2cnc(N)s2)c(OC)c1C(=O)O. The number of hydrogen-bond acceptors (Lipinski definition) is 7. The zero-order valence-electron chi connectivity index (χ0n) is 11.7. The zero-order chi connectivity index (χ0) is 15.6. The fourth-order valence-electron chi connectivity index (χ4n) is 1.84. The third kappa shape index (κ3) is 3.06. The average Bonchev–Trinajstić information content (AvgIpc) is 2.85. The number of carbonyl (C=O) groups is 1. The molecule has 21 heavy (non-hydrogen) atoms. The molecule has 6 nitrogen and oxygen atoms in total. The van der Waals surface area contributed by atoms with Gasteiger partial charge in [0.25, 0.3) is 0 Å². The fourth-order valence-corrected chi connectivity index (χ4v) is 3.74. The third-order valence-corrected chi connectivity index (χ3v) is 4.87. The van der Waals surface area contributed by atoms with E-state index in [1.807, 2.05) is 6.92 Å². The summed E-state index contributed by atoms with van der Waals surface area (Å²) in [5.74, 6) is -0.560. The van der Waals surface area contributed by atoms with Crippen molar-refractivity contribution in [3.63, 3.8) is 0 Å². The molecule has 1 aromatic carbocycles. The van der Waals surface area contributed by atoms with E-state index in [2.05, 4.69) is 4.98 Å². The first-order chi connectivity index (χ1) is 9.97. The van der Waals surface area contributed by atoms with Crippen LogP contribution in [0.5, 0.6) is 11.5 Å². The van der Waals surface area contributed by atoms with Gasteiger partial charge in [0.2, 0.25) is 0 Å². The molecule has 0 aliphatic heterocycles. The molecule has 2 aromatic rings. The van der Waals surface area contributed by atoms with E-state index in [9.17, 15) is 9.90 Å². The van der Waals surface area contributed by atoms with Gasteiger partial charge in [0.05, 0.1) is 29.5 Å². The summed E-state index contributed by atoms with van der Waals surface area (Å²) in [7, 11) is 2.86. The highest BCUT2D eigenvalue weighted by Crippen LogP contribution is 2.44. The van der Waals surface area contributed by atoms with Gasteiger partial charge in [0.1, 0.15) is 11.3 Å². The number of nitrogen functional groups attached to an aromatic ring is 1. The highest BCUT2D eigenvalue weighted by molar-refractivity contribution is 8.01. The predicted octanol–water partition coefficient (Wildman–Crippen LogP) is 2.90. The molecule has 0 amide bonds. The van der Waals surface area contributed by atoms with Gasteiger partial charge in [0.15, 0.2) is 10.9 Å². The molecular formula is C13H14N2O4S2. The van der Waals surface area contributed by atoms with E-state index in [1.54, 1.807) is 12.3 Å². The lowest BCUT2D eigenvalue weighted by atomic mass is 10.1. The summed E-state index contributed by atoms with van der Waals surface area (Å²) in [5.41, 5.74) is 6.47. The maximum atomic E-state index is 11.5. The summed E-state index contributed by atoms with van der Waals surface area (Å²) in [5, 5.41) is 9.85. The Morgan fingerprint density at radius 1 is 1.43 bits per heavy atom. The van der Waals surface area contributed by atoms with Crippen molar-refractivity contribution >= 4 is 34.2 Å². The molecule has 0 aliphatic rings. The van der Waals surface area contributed by atoms with Crippen LogP contribution in [-0.4, -0.2) is 30.3 Å². The summed E-state index contributed by atoms with van der Waals surface area (Å²) >= 11 is 2.70. The number of hydrogen-bond donors (Lipinski definition) is 2. The van der Waals surface area contributed by atoms with Gasteiger partial charge in [-0.15, -0.1) is 0 Å². The van der Waals surface area contributed by atoms with Crippen LogP contribution in [0.25, 0.3) is 0 Å². The molecule has 0 atom stereocenters. The van der Waals surface area contributed by atoms with Crippen LogP contribution in [0, 0.1) is 6.92 Å². The van der Waals surface area contributed by atoms with E-state index in [1.165, 1.54) is 37.3 Å². The second-order valence-corrected chi connectivity index (χ2v) is 6.43. The fraction of sp³-hybridized carbons (Fsp3) is 0.231. The first-order valence-electron chi connectivity index (χ1n) is 5.86. The lowest BCUT2D eigenvalue weighted by Gasteiger charge is -2.16. The summed E-state index contributed by atoms with van der Waals surface area (Å²) in [6, 6.07) is 1.68. The van der Waals surface area contributed by atoms with Crippen LogP contribution in [0.1, 0.15) is 15.9 Å². The minimum atomic E-state index is -1.10. The molecule has 0 spiro atoms. The van der Waals surface area contributed by atoms with Crippen LogP contribution in [0.3, 0.4) is 0 Å². The number of aromatic carboxylic acids is 1. The monoisotopic (exact) mass is 326 g/mol. The maximum Gasteiger partial charge on any atom is 0.343 e. The molecule has 2 rings (SSSR count). The van der Waals surface area contributed by atoms with Gasteiger partial charge >= 0.3 is 5.97 Å². The number of ether oxygens (including phenoxy) is 2. The number of rotatable bonds is 5. The number of nitrogens with zero attached hydrogens (tertiary/aromatic N) is 1. The molecule has 8 heteroatoms. The van der Waals surface area contributed by atoms with Crippen molar-refractivity contribution < 1.29 is 19.4 Å². The number of carboxylic acids is 1. The van der Waals surface area contributed by atoms with Crippen molar-refractivity contribution in [3.8, 4) is 11.5 Å². The Balaban J connectivity index is 2.59. The smallest absolute Gasteiger partial charge is 0.343 e. The normalized spacial score (nSPS) is 10.4. The van der Waals surface area contributed by atoms with Crippen molar-refractivity contribution in [3.05, 3.63) is 23.4 Å². The van der Waals surface area contributed by atoms with E-state index in [-0.39, 0.29) is 17.1 Å². The Bertz CT molecular complexity index is 685. The van der Waals surface area contributed by atoms with Gasteiger partial charge < -0.3 is 20.3 Å². The van der Waals surface area contributed by atoms with Gasteiger partial charge in [-0.3, -0.25) is 0 Å². The average molecular weight is 326 g/mol. The summed E-state index contributed by atoms with van der Waals surface area (Å²) in [6.07, 6.45) is 1.65. The van der Waals surface area contributed by atoms with Crippen molar-refractivity contribution in [2.24, 2.45) is 0 Å². The van der Waals surface area contributed by atoms with Crippen molar-refractivity contribution in [2.45, 2.75) is 16.0 Å². The Hall–Kier alpha value is -1.93. The number of anilines is 1. The molecule has 0 saturated carbocycles. The quantitative estimate of drug-likeness (QED) is 0.872. The molecule has 0 fully saturated rings. The number of benzene rings is 1. The highest BCUT2D eigenvalue weighted by Gasteiger charge is 2.24. The molecule has 112 valence electrons. The summed E-state index contributed by atoms with van der Waals surface area (Å²) in [4.78, 5) is 16.2. The number of thiazole rings is 1. The molecule has 1 heterocycles. The van der Waals surface area contributed by atoms with Gasteiger partial charge in [-0.05, 0) is 18.6 Å². The van der Waals surface area contributed by atoms with Gasteiger partial charge in [-0.25, -0.2) is 9.78 Å². The lowest BCUT2D eigenvalue weighted by Crippen LogP contribution is -2.06. The van der Waals surface area contributed by atoms with Crippen molar-refractivity contribution in [1.29, 1.82) is 0 Å². The van der Waals surface area contributed by atoms with E-state index < -0.39 is 5.97 Å². The molecular weight excluding hydrogens is 312 g/mol. The van der Waals surface area contributed by atoms with Crippen LogP contribution < -0.4 is 15.2 Å². The van der Waals surface area contributed by atoms with Gasteiger partial charge in [-0.2, -0.15) is 0 Å². The number of methoxy groups -OCH3 is 2. The first-order valence-corrected chi connectivity index (χ1v) is 7.49. The largest absolute Gasteiger partial charge is 0.496 e. The Morgan fingerprint density at radius 3 is 2.62 bits per heavy atom. The minimum Gasteiger partial charge on any atom is -0.496 e. The van der Waals surface area contributed by atoms with Gasteiger partial charge in [0, 0.05) is 0 Å². The number of aryl methyl sites for hydroxylation is 1. The third-order valence-electron chi connectivity index (χ3n) is 2.73. The summed E-state index contributed by atoms with van der Waals surface area (Å²) in [6.45, 7) is 1.86. The first kappa shape index (κ1) is 15.5. The second-order valence-electron chi connectivity index (χ2n) is 4.06. The van der Waals surface area contributed by atoms with Gasteiger partial charge in [-0.1, -0.05) is 23.1 Å². The standard InChI is InChI=1S/C13H14N2O4S2/c1-6-4-7(18-2)9(12(16)17)10(19-3)11(6)20-8-5-15-13(14)21-8/h4-5H,1-3H3,(H2,14,15)(H,16,17). The number of nitrogens with two attached hydrogens (primary N) is 1. The van der Waals surface area contributed by atoms with E-state index in [0.29, 0.717) is 10.0 Å². The van der Waals surface area contributed by atoms with Crippen LogP contribution in [0.2, 0.25) is 0 Å². The van der Waals surface area contributed by atoms with Crippen LogP contribution in [0.15, 0.2) is 21.4 Å². The Morgan fingerprint density at radius 2 is 2.14 bits per heavy atom. The Labute approximate surface area is 129 Å². The second kappa shape index (κ2) is 6.23. The number of aromatic nitrogens is 1. The van der Waals surface area contributed by atoms with E-state index in [0.717, 1.165) is 9.77 Å². The van der Waals surface area contributed by atoms with Crippen LogP contribution in [-0.2, 0) is 0 Å². The minimum absolute atomic E-state index is 0.00517. The van der Waals surface area contributed by atoms with Crippen LogP contribution >= 0.6 is 23.1 Å².